The van der Waals surface area contributed by atoms with Gasteiger partial charge in [-0.2, -0.15) is 0 Å². The fourth-order valence-corrected chi connectivity index (χ4v) is 2.99. The number of para-hydroxylation sites is 1. The minimum atomic E-state index is -0.102. The van der Waals surface area contributed by atoms with Gasteiger partial charge < -0.3 is 24.7 Å². The van der Waals surface area contributed by atoms with Gasteiger partial charge in [0.05, 0.1) is 24.3 Å². The van der Waals surface area contributed by atoms with Gasteiger partial charge in [0.2, 0.25) is 0 Å². The summed E-state index contributed by atoms with van der Waals surface area (Å²) in [4.78, 5) is 28.8. The molecule has 2 heterocycles. The molecule has 1 aliphatic rings. The third-order valence-electron chi connectivity index (χ3n) is 4.37. The summed E-state index contributed by atoms with van der Waals surface area (Å²) in [6, 6.07) is 8.90. The number of carbonyl (C=O) groups excluding carboxylic acids is 2. The number of benzene rings is 1. The van der Waals surface area contributed by atoms with Crippen molar-refractivity contribution in [1.29, 1.82) is 0 Å². The Labute approximate surface area is 164 Å². The second kappa shape index (κ2) is 9.43. The predicted molar refractivity (Wildman–Crippen MR) is 103 cm³/mol. The molecule has 0 aliphatic carbocycles. The van der Waals surface area contributed by atoms with E-state index < -0.39 is 0 Å². The van der Waals surface area contributed by atoms with Gasteiger partial charge in [-0.1, -0.05) is 12.1 Å². The second-order valence-electron chi connectivity index (χ2n) is 6.02. The van der Waals surface area contributed by atoms with Crippen molar-refractivity contribution in [2.45, 2.75) is 13.5 Å². The fraction of sp³-hybridized carbons (Fsp3) is 0.368. The Kier molecular flexibility index (Phi) is 7.27. The lowest BCUT2D eigenvalue weighted by molar-refractivity contribution is 0.0532. The zero-order valence-corrected chi connectivity index (χ0v) is 16.0. The minimum absolute atomic E-state index is 0. The highest BCUT2D eigenvalue weighted by molar-refractivity contribution is 5.97. The monoisotopic (exact) mass is 393 g/mol. The van der Waals surface area contributed by atoms with Crippen LogP contribution in [0.15, 0.2) is 41.0 Å². The molecule has 0 spiro atoms. The summed E-state index contributed by atoms with van der Waals surface area (Å²) in [5.74, 6) is 0.992. The number of piperazine rings is 1. The van der Waals surface area contributed by atoms with Crippen LogP contribution in [-0.2, 0) is 6.54 Å². The molecule has 0 bridgehead atoms. The van der Waals surface area contributed by atoms with Crippen molar-refractivity contribution in [3.05, 3.63) is 53.5 Å². The summed E-state index contributed by atoms with van der Waals surface area (Å²) in [5, 5.41) is 0. The highest BCUT2D eigenvalue weighted by atomic mass is 35.5. The lowest BCUT2D eigenvalue weighted by atomic mass is 10.1. The number of halogens is 1. The van der Waals surface area contributed by atoms with Crippen LogP contribution in [0.2, 0.25) is 0 Å². The topological polar surface area (TPSA) is 89.0 Å². The maximum absolute atomic E-state index is 12.8. The number of hydrogen-bond donors (Lipinski definition) is 1. The zero-order valence-electron chi connectivity index (χ0n) is 15.2. The van der Waals surface area contributed by atoms with Crippen molar-refractivity contribution in [2.24, 2.45) is 5.73 Å². The number of nitrogens with two attached hydrogens (primary N) is 1. The number of nitrogens with zero attached hydrogens (tertiary/aromatic N) is 2. The van der Waals surface area contributed by atoms with E-state index >= 15 is 0 Å². The molecule has 2 amide bonds. The third-order valence-corrected chi connectivity index (χ3v) is 4.37. The highest BCUT2D eigenvalue weighted by Crippen LogP contribution is 2.21. The van der Waals surface area contributed by atoms with Gasteiger partial charge in [-0.15, -0.1) is 12.4 Å². The van der Waals surface area contributed by atoms with Crippen LogP contribution in [0.1, 0.15) is 33.4 Å². The van der Waals surface area contributed by atoms with Crippen LogP contribution < -0.4 is 10.5 Å². The second-order valence-corrected chi connectivity index (χ2v) is 6.02. The molecule has 2 aromatic rings. The van der Waals surface area contributed by atoms with Crippen LogP contribution in [0.25, 0.3) is 0 Å². The molecule has 0 radical (unpaired) electrons. The molecule has 1 saturated heterocycles. The quantitative estimate of drug-likeness (QED) is 0.840. The molecular weight excluding hydrogens is 370 g/mol. The van der Waals surface area contributed by atoms with E-state index in [0.29, 0.717) is 55.4 Å². The largest absolute Gasteiger partial charge is 0.493 e. The molecule has 1 fully saturated rings. The van der Waals surface area contributed by atoms with Crippen LogP contribution >= 0.6 is 12.4 Å². The van der Waals surface area contributed by atoms with Crippen LogP contribution in [0.4, 0.5) is 0 Å². The van der Waals surface area contributed by atoms with Crippen molar-refractivity contribution in [3.63, 3.8) is 0 Å². The van der Waals surface area contributed by atoms with Gasteiger partial charge in [0.1, 0.15) is 17.8 Å². The van der Waals surface area contributed by atoms with E-state index in [1.54, 1.807) is 28.0 Å². The number of furan rings is 1. The number of rotatable bonds is 5. The van der Waals surface area contributed by atoms with Crippen molar-refractivity contribution in [1.82, 2.24) is 9.80 Å². The van der Waals surface area contributed by atoms with Crippen LogP contribution in [-0.4, -0.2) is 54.4 Å². The molecule has 3 rings (SSSR count). The molecular formula is C19H24ClN3O4. The van der Waals surface area contributed by atoms with Gasteiger partial charge in [-0.25, -0.2) is 0 Å². The van der Waals surface area contributed by atoms with Crippen molar-refractivity contribution in [2.75, 3.05) is 32.8 Å². The number of ether oxygens (including phenoxy) is 1. The number of hydrogen-bond acceptors (Lipinski definition) is 5. The van der Waals surface area contributed by atoms with Crippen molar-refractivity contribution < 1.29 is 18.7 Å². The van der Waals surface area contributed by atoms with Crippen molar-refractivity contribution in [3.8, 4) is 5.75 Å². The van der Waals surface area contributed by atoms with E-state index in [0.717, 1.165) is 0 Å². The molecule has 7 nitrogen and oxygen atoms in total. The molecule has 8 heteroatoms. The lowest BCUT2D eigenvalue weighted by Gasteiger charge is -2.34. The molecule has 1 aromatic heterocycles. The minimum Gasteiger partial charge on any atom is -0.493 e. The highest BCUT2D eigenvalue weighted by Gasteiger charge is 2.27. The summed E-state index contributed by atoms with van der Waals surface area (Å²) >= 11 is 0. The Morgan fingerprint density at radius 3 is 2.33 bits per heavy atom. The first-order valence-electron chi connectivity index (χ1n) is 8.72. The van der Waals surface area contributed by atoms with Gasteiger partial charge in [0.25, 0.3) is 11.8 Å². The third kappa shape index (κ3) is 4.61. The maximum atomic E-state index is 12.8. The number of carbonyl (C=O) groups is 2. The van der Waals surface area contributed by atoms with Gasteiger partial charge in [0, 0.05) is 26.2 Å². The first kappa shape index (κ1) is 20.8. The Morgan fingerprint density at radius 1 is 1.11 bits per heavy atom. The Hall–Kier alpha value is -2.51. The molecule has 27 heavy (non-hydrogen) atoms. The zero-order chi connectivity index (χ0) is 18.5. The summed E-state index contributed by atoms with van der Waals surface area (Å²) in [7, 11) is 0. The first-order valence-corrected chi connectivity index (χ1v) is 8.72. The van der Waals surface area contributed by atoms with E-state index in [2.05, 4.69) is 0 Å². The van der Waals surface area contributed by atoms with Crippen LogP contribution in [0.3, 0.4) is 0 Å². The summed E-state index contributed by atoms with van der Waals surface area (Å²) in [6.45, 7) is 4.56. The van der Waals surface area contributed by atoms with E-state index in [1.807, 2.05) is 19.1 Å². The van der Waals surface area contributed by atoms with Gasteiger partial charge in [-0.3, -0.25) is 9.59 Å². The molecule has 2 N–H and O–H groups in total. The molecule has 1 aromatic carbocycles. The summed E-state index contributed by atoms with van der Waals surface area (Å²) in [5.41, 5.74) is 6.55. The van der Waals surface area contributed by atoms with E-state index in [1.165, 1.54) is 6.26 Å². The van der Waals surface area contributed by atoms with Gasteiger partial charge in [0.15, 0.2) is 0 Å². The van der Waals surface area contributed by atoms with Gasteiger partial charge in [-0.05, 0) is 25.1 Å². The molecule has 0 saturated carbocycles. The van der Waals surface area contributed by atoms with Crippen molar-refractivity contribution >= 4 is 24.2 Å². The van der Waals surface area contributed by atoms with Gasteiger partial charge >= 0.3 is 0 Å². The average molecular weight is 394 g/mol. The SMILES string of the molecule is CCOc1ccccc1C(=O)N1CCN(C(=O)c2coc(CN)c2)CC1.Cl. The van der Waals surface area contributed by atoms with Crippen LogP contribution in [0, 0.1) is 0 Å². The summed E-state index contributed by atoms with van der Waals surface area (Å²) < 4.78 is 10.8. The Balaban J connectivity index is 0.00000261. The van der Waals surface area contributed by atoms with Crippen LogP contribution in [0.5, 0.6) is 5.75 Å². The Morgan fingerprint density at radius 2 is 1.74 bits per heavy atom. The molecule has 146 valence electrons. The maximum Gasteiger partial charge on any atom is 0.257 e. The van der Waals surface area contributed by atoms with E-state index in [4.69, 9.17) is 14.9 Å². The summed E-state index contributed by atoms with van der Waals surface area (Å²) in [6.07, 6.45) is 1.43. The predicted octanol–water partition coefficient (Wildman–Crippen LogP) is 2.16. The normalized spacial score (nSPS) is 13.9. The fourth-order valence-electron chi connectivity index (χ4n) is 2.99. The number of amides is 2. The molecule has 0 unspecified atom stereocenters. The smallest absolute Gasteiger partial charge is 0.257 e. The first-order chi connectivity index (χ1) is 12.6. The standard InChI is InChI=1S/C19H23N3O4.ClH/c1-2-25-17-6-4-3-5-16(17)19(24)22-9-7-21(8-10-22)18(23)14-11-15(12-20)26-13-14;/h3-6,11,13H,2,7-10,12,20H2,1H3;1H. The van der Waals surface area contributed by atoms with E-state index in [-0.39, 0.29) is 30.8 Å². The molecule has 0 atom stereocenters. The lowest BCUT2D eigenvalue weighted by Crippen LogP contribution is -2.50. The Bertz CT molecular complexity index is 785. The molecule has 1 aliphatic heterocycles. The van der Waals surface area contributed by atoms with E-state index in [9.17, 15) is 9.59 Å². The average Bonchev–Trinajstić information content (AvgIpc) is 3.17.